The van der Waals surface area contributed by atoms with Gasteiger partial charge in [-0.1, -0.05) is 12.1 Å². The number of aromatic nitrogens is 1. The van der Waals surface area contributed by atoms with E-state index in [0.717, 1.165) is 15.7 Å². The third kappa shape index (κ3) is 3.49. The van der Waals surface area contributed by atoms with Gasteiger partial charge in [-0.15, -0.1) is 0 Å². The molecule has 0 bridgehead atoms. The highest BCUT2D eigenvalue weighted by atomic mass is 127. The molecule has 0 aliphatic heterocycles. The quantitative estimate of drug-likeness (QED) is 0.292. The van der Waals surface area contributed by atoms with Crippen molar-refractivity contribution >= 4 is 50.4 Å². The van der Waals surface area contributed by atoms with Crippen LogP contribution in [-0.4, -0.2) is 10.8 Å². The Morgan fingerprint density at radius 2 is 1.79 bits per heavy atom. The molecule has 122 valence electrons. The first-order valence-corrected chi connectivity index (χ1v) is 9.58. The Bertz CT molecular complexity index is 925. The highest BCUT2D eigenvalue weighted by Crippen LogP contribution is 2.26. The van der Waals surface area contributed by atoms with Crippen molar-refractivity contribution in [1.82, 2.24) is 4.57 Å². The van der Waals surface area contributed by atoms with Gasteiger partial charge in [-0.2, -0.15) is 0 Å². The normalized spacial score (nSPS) is 11.4. The average Bonchev–Trinajstić information content (AvgIpc) is 2.83. The van der Waals surface area contributed by atoms with Gasteiger partial charge in [0.05, 0.1) is 5.69 Å². The van der Waals surface area contributed by atoms with E-state index < -0.39 is 0 Å². The number of nitrogens with zero attached hydrogens (tertiary/aromatic N) is 2. The van der Waals surface area contributed by atoms with Crippen LogP contribution in [0.25, 0.3) is 5.69 Å². The maximum Gasteiger partial charge on any atom is 0.0771 e. The van der Waals surface area contributed by atoms with Crippen molar-refractivity contribution in [3.8, 4) is 5.69 Å². The topological polar surface area (TPSA) is 17.3 Å². The summed E-state index contributed by atoms with van der Waals surface area (Å²) in [5.74, 6) is 0. The van der Waals surface area contributed by atoms with E-state index in [1.807, 2.05) is 30.5 Å². The standard InChI is InChI=1S/C20H18BrIN2/c1-13-10-17(8-9-19(13)22)24-14(2)11-16(15(24)3)12-23-20-7-5-4-6-18(20)21/h4-12H,1-3H3. The third-order valence-electron chi connectivity index (χ3n) is 4.07. The zero-order valence-electron chi connectivity index (χ0n) is 13.8. The SMILES string of the molecule is Cc1cc(-n2c(C)cc(C=Nc3ccccc3Br)c2C)ccc1I. The van der Waals surface area contributed by atoms with Gasteiger partial charge in [-0.25, -0.2) is 0 Å². The first-order valence-electron chi connectivity index (χ1n) is 7.71. The maximum atomic E-state index is 4.63. The van der Waals surface area contributed by atoms with E-state index in [1.165, 1.54) is 26.2 Å². The lowest BCUT2D eigenvalue weighted by Gasteiger charge is -2.11. The summed E-state index contributed by atoms with van der Waals surface area (Å²) in [5.41, 5.74) is 6.98. The van der Waals surface area contributed by atoms with Crippen LogP contribution in [0.1, 0.15) is 22.5 Å². The molecular formula is C20H18BrIN2. The Hall–Kier alpha value is -1.40. The summed E-state index contributed by atoms with van der Waals surface area (Å²) in [4.78, 5) is 4.63. The van der Waals surface area contributed by atoms with E-state index in [9.17, 15) is 0 Å². The fraction of sp³-hybridized carbons (Fsp3) is 0.150. The summed E-state index contributed by atoms with van der Waals surface area (Å²) in [6, 6.07) is 16.7. The molecule has 3 rings (SSSR count). The summed E-state index contributed by atoms with van der Waals surface area (Å²) in [6.45, 7) is 6.42. The first-order chi connectivity index (χ1) is 11.5. The Balaban J connectivity index is 2.00. The molecule has 2 nitrogen and oxygen atoms in total. The third-order valence-corrected chi connectivity index (χ3v) is 5.95. The summed E-state index contributed by atoms with van der Waals surface area (Å²) in [5, 5.41) is 0. The molecule has 0 amide bonds. The Morgan fingerprint density at radius 1 is 1.04 bits per heavy atom. The minimum absolute atomic E-state index is 0.937. The number of aliphatic imine (C=N–C) groups is 1. The molecule has 1 aromatic heterocycles. The van der Waals surface area contributed by atoms with Crippen LogP contribution in [0, 0.1) is 24.3 Å². The van der Waals surface area contributed by atoms with Crippen molar-refractivity contribution in [1.29, 1.82) is 0 Å². The number of halogens is 2. The number of hydrogen-bond acceptors (Lipinski definition) is 1. The predicted octanol–water partition coefficient (Wildman–Crippen LogP) is 6.52. The molecule has 1 heterocycles. The lowest BCUT2D eigenvalue weighted by atomic mass is 10.2. The smallest absolute Gasteiger partial charge is 0.0771 e. The molecule has 0 saturated carbocycles. The van der Waals surface area contributed by atoms with E-state index in [2.05, 4.69) is 93.1 Å². The molecule has 2 aromatic carbocycles. The van der Waals surface area contributed by atoms with Gasteiger partial charge in [-0.3, -0.25) is 4.99 Å². The van der Waals surface area contributed by atoms with Crippen molar-refractivity contribution in [3.05, 3.63) is 79.1 Å². The molecule has 0 atom stereocenters. The summed E-state index contributed by atoms with van der Waals surface area (Å²) < 4.78 is 4.57. The van der Waals surface area contributed by atoms with Crippen molar-refractivity contribution in [2.24, 2.45) is 4.99 Å². The van der Waals surface area contributed by atoms with Crippen LogP contribution in [0.15, 0.2) is 58.0 Å². The Kier molecular flexibility index (Phi) is 5.25. The van der Waals surface area contributed by atoms with Gasteiger partial charge in [-0.05, 0) is 101 Å². The van der Waals surface area contributed by atoms with E-state index in [4.69, 9.17) is 0 Å². The fourth-order valence-corrected chi connectivity index (χ4v) is 3.50. The zero-order chi connectivity index (χ0) is 17.3. The minimum Gasteiger partial charge on any atom is -0.318 e. The minimum atomic E-state index is 0.937. The van der Waals surface area contributed by atoms with Gasteiger partial charge in [0.25, 0.3) is 0 Å². The first kappa shape index (κ1) is 17.4. The van der Waals surface area contributed by atoms with Crippen LogP contribution in [0.4, 0.5) is 5.69 Å². The molecule has 4 heteroatoms. The number of hydrogen-bond donors (Lipinski definition) is 0. The molecule has 0 unspecified atom stereocenters. The average molecular weight is 493 g/mol. The molecule has 0 aliphatic carbocycles. The molecule has 0 N–H and O–H groups in total. The molecule has 24 heavy (non-hydrogen) atoms. The van der Waals surface area contributed by atoms with Crippen molar-refractivity contribution in [2.75, 3.05) is 0 Å². The van der Waals surface area contributed by atoms with Crippen LogP contribution in [0.3, 0.4) is 0 Å². The predicted molar refractivity (Wildman–Crippen MR) is 114 cm³/mol. The highest BCUT2D eigenvalue weighted by molar-refractivity contribution is 14.1. The fourth-order valence-electron chi connectivity index (χ4n) is 2.78. The zero-order valence-corrected chi connectivity index (χ0v) is 17.6. The van der Waals surface area contributed by atoms with Gasteiger partial charge >= 0.3 is 0 Å². The van der Waals surface area contributed by atoms with Gasteiger partial charge in [0.2, 0.25) is 0 Å². The molecule has 0 spiro atoms. The monoisotopic (exact) mass is 492 g/mol. The number of benzene rings is 2. The van der Waals surface area contributed by atoms with Crippen LogP contribution in [0.5, 0.6) is 0 Å². The van der Waals surface area contributed by atoms with Gasteiger partial charge in [0, 0.05) is 36.9 Å². The number of rotatable bonds is 3. The van der Waals surface area contributed by atoms with Crippen molar-refractivity contribution in [2.45, 2.75) is 20.8 Å². The van der Waals surface area contributed by atoms with E-state index in [0.29, 0.717) is 0 Å². The highest BCUT2D eigenvalue weighted by Gasteiger charge is 2.10. The molecule has 0 saturated heterocycles. The van der Waals surface area contributed by atoms with Crippen LogP contribution in [0.2, 0.25) is 0 Å². The van der Waals surface area contributed by atoms with Gasteiger partial charge in [0.1, 0.15) is 0 Å². The Labute approximate surface area is 164 Å². The molecular weight excluding hydrogens is 475 g/mol. The van der Waals surface area contributed by atoms with Gasteiger partial charge in [0.15, 0.2) is 0 Å². The molecule has 0 radical (unpaired) electrons. The van der Waals surface area contributed by atoms with Crippen molar-refractivity contribution < 1.29 is 0 Å². The summed E-state index contributed by atoms with van der Waals surface area (Å²) in [6.07, 6.45) is 1.94. The molecule has 0 fully saturated rings. The maximum absolute atomic E-state index is 4.63. The second-order valence-corrected chi connectivity index (χ2v) is 7.82. The van der Waals surface area contributed by atoms with E-state index >= 15 is 0 Å². The van der Waals surface area contributed by atoms with Crippen molar-refractivity contribution in [3.63, 3.8) is 0 Å². The van der Waals surface area contributed by atoms with Crippen LogP contribution >= 0.6 is 38.5 Å². The van der Waals surface area contributed by atoms with Gasteiger partial charge < -0.3 is 4.57 Å². The van der Waals surface area contributed by atoms with E-state index in [-0.39, 0.29) is 0 Å². The molecule has 3 aromatic rings. The second kappa shape index (κ2) is 7.23. The number of para-hydroxylation sites is 1. The van der Waals surface area contributed by atoms with Crippen LogP contribution < -0.4 is 0 Å². The lowest BCUT2D eigenvalue weighted by Crippen LogP contribution is -2.00. The van der Waals surface area contributed by atoms with E-state index in [1.54, 1.807) is 0 Å². The number of aryl methyl sites for hydroxylation is 2. The Morgan fingerprint density at radius 3 is 2.50 bits per heavy atom. The lowest BCUT2D eigenvalue weighted by molar-refractivity contribution is 0.962. The molecule has 0 aliphatic rings. The largest absolute Gasteiger partial charge is 0.318 e. The second-order valence-electron chi connectivity index (χ2n) is 5.80. The summed E-state index contributed by atoms with van der Waals surface area (Å²) in [7, 11) is 0. The van der Waals surface area contributed by atoms with Crippen LogP contribution in [-0.2, 0) is 0 Å². The summed E-state index contributed by atoms with van der Waals surface area (Å²) >= 11 is 5.91.